The lowest BCUT2D eigenvalue weighted by Crippen LogP contribution is -2.11. The van der Waals surface area contributed by atoms with Crippen LogP contribution in [-0.4, -0.2) is 41.4 Å². The standard InChI is InChI=1S/C39H32FN3O7/c40-28-11-16-37-33(22-28)35(45)24-39(50-37)27-7-12-30(13-8-27)47-18-3-4-29-25-43(42-41-29)17-19-46-20-21-48-31-14-9-26(10-15-31)38-23-34(44)32-5-1-2-6-36(32)49-38/h1-2,5-16,22-25H,3-4,17-21H2. The molecule has 50 heavy (non-hydrogen) atoms. The molecule has 0 amide bonds. The van der Waals surface area contributed by atoms with Crippen molar-refractivity contribution in [2.75, 3.05) is 26.4 Å². The van der Waals surface area contributed by atoms with Gasteiger partial charge in [-0.3, -0.25) is 9.59 Å². The number of para-hydroxylation sites is 1. The van der Waals surface area contributed by atoms with Crippen LogP contribution in [0, 0.1) is 5.82 Å². The minimum atomic E-state index is -0.481. The van der Waals surface area contributed by atoms with E-state index < -0.39 is 5.82 Å². The minimum Gasteiger partial charge on any atom is -0.494 e. The summed E-state index contributed by atoms with van der Waals surface area (Å²) in [6.45, 7) is 2.33. The van der Waals surface area contributed by atoms with Crippen LogP contribution >= 0.6 is 0 Å². The molecule has 3 aromatic heterocycles. The van der Waals surface area contributed by atoms with Gasteiger partial charge in [0.25, 0.3) is 0 Å². The van der Waals surface area contributed by atoms with E-state index in [2.05, 4.69) is 10.3 Å². The molecule has 10 nitrogen and oxygen atoms in total. The van der Waals surface area contributed by atoms with Crippen molar-refractivity contribution in [1.82, 2.24) is 15.0 Å². The van der Waals surface area contributed by atoms with Gasteiger partial charge in [-0.1, -0.05) is 17.3 Å². The van der Waals surface area contributed by atoms with E-state index in [1.165, 1.54) is 30.3 Å². The van der Waals surface area contributed by atoms with Crippen LogP contribution in [0.2, 0.25) is 0 Å². The quantitative estimate of drug-likeness (QED) is 0.112. The fourth-order valence-corrected chi connectivity index (χ4v) is 5.43. The van der Waals surface area contributed by atoms with Crippen molar-refractivity contribution in [3.63, 3.8) is 0 Å². The summed E-state index contributed by atoms with van der Waals surface area (Å²) in [6.07, 6.45) is 3.36. The summed E-state index contributed by atoms with van der Waals surface area (Å²) >= 11 is 0. The van der Waals surface area contributed by atoms with E-state index in [1.54, 1.807) is 16.8 Å². The first-order chi connectivity index (χ1) is 24.5. The Morgan fingerprint density at radius 1 is 0.660 bits per heavy atom. The van der Waals surface area contributed by atoms with E-state index in [-0.39, 0.29) is 16.2 Å². The molecule has 0 bridgehead atoms. The molecule has 0 N–H and O–H groups in total. The van der Waals surface area contributed by atoms with Crippen molar-refractivity contribution in [2.45, 2.75) is 19.4 Å². The van der Waals surface area contributed by atoms with Gasteiger partial charge in [-0.25, -0.2) is 9.07 Å². The maximum atomic E-state index is 13.5. The lowest BCUT2D eigenvalue weighted by Gasteiger charge is -2.08. The van der Waals surface area contributed by atoms with Gasteiger partial charge in [-0.2, -0.15) is 0 Å². The molecular weight excluding hydrogens is 641 g/mol. The molecule has 7 rings (SSSR count). The summed E-state index contributed by atoms with van der Waals surface area (Å²) in [6, 6.07) is 28.6. The molecular formula is C39H32FN3O7. The van der Waals surface area contributed by atoms with Gasteiger partial charge < -0.3 is 23.0 Å². The number of benzene rings is 4. The number of halogens is 1. The molecule has 0 aliphatic rings. The monoisotopic (exact) mass is 673 g/mol. The molecule has 0 saturated heterocycles. The minimum absolute atomic E-state index is 0.0775. The predicted molar refractivity (Wildman–Crippen MR) is 186 cm³/mol. The highest BCUT2D eigenvalue weighted by Crippen LogP contribution is 2.26. The first-order valence-electron chi connectivity index (χ1n) is 16.2. The second-order valence-electron chi connectivity index (χ2n) is 11.5. The van der Waals surface area contributed by atoms with Crippen molar-refractivity contribution < 1.29 is 27.4 Å². The highest BCUT2D eigenvalue weighted by Gasteiger charge is 2.10. The summed E-state index contributed by atoms with van der Waals surface area (Å²) in [5.41, 5.74) is 2.89. The fraction of sp³-hybridized carbons (Fsp3) is 0.179. The summed E-state index contributed by atoms with van der Waals surface area (Å²) in [4.78, 5) is 24.8. The third kappa shape index (κ3) is 7.79. The molecule has 0 aliphatic heterocycles. The molecule has 0 fully saturated rings. The largest absolute Gasteiger partial charge is 0.494 e. The Bertz CT molecular complexity index is 2350. The zero-order valence-corrected chi connectivity index (χ0v) is 26.9. The average Bonchev–Trinajstić information content (AvgIpc) is 3.60. The number of rotatable bonds is 14. The summed E-state index contributed by atoms with van der Waals surface area (Å²) in [7, 11) is 0. The zero-order chi connectivity index (χ0) is 34.3. The van der Waals surface area contributed by atoms with E-state index in [1.807, 2.05) is 66.9 Å². The Morgan fingerprint density at radius 3 is 2.02 bits per heavy atom. The summed E-state index contributed by atoms with van der Waals surface area (Å²) in [5.74, 6) is 1.81. The number of aromatic nitrogens is 3. The second-order valence-corrected chi connectivity index (χ2v) is 11.5. The molecule has 0 radical (unpaired) electrons. The van der Waals surface area contributed by atoms with Crippen LogP contribution in [0.15, 0.2) is 128 Å². The van der Waals surface area contributed by atoms with Gasteiger partial charge in [0.1, 0.15) is 46.6 Å². The highest BCUT2D eigenvalue weighted by molar-refractivity contribution is 5.79. The molecule has 252 valence electrons. The maximum absolute atomic E-state index is 13.5. The van der Waals surface area contributed by atoms with Gasteiger partial charge >= 0.3 is 0 Å². The molecule has 7 aromatic rings. The third-order valence-corrected chi connectivity index (χ3v) is 7.99. The average molecular weight is 674 g/mol. The van der Waals surface area contributed by atoms with Crippen molar-refractivity contribution in [1.29, 1.82) is 0 Å². The van der Waals surface area contributed by atoms with Crippen molar-refractivity contribution in [3.05, 3.63) is 141 Å². The molecule has 0 aliphatic carbocycles. The van der Waals surface area contributed by atoms with E-state index in [0.717, 1.165) is 23.2 Å². The van der Waals surface area contributed by atoms with Crippen LogP contribution in [0.3, 0.4) is 0 Å². The molecule has 0 unspecified atom stereocenters. The van der Waals surface area contributed by atoms with Crippen LogP contribution in [0.1, 0.15) is 12.1 Å². The summed E-state index contributed by atoms with van der Waals surface area (Å²) < 4.78 is 44.3. The van der Waals surface area contributed by atoms with Gasteiger partial charge in [0, 0.05) is 29.5 Å². The fourth-order valence-electron chi connectivity index (χ4n) is 5.43. The van der Waals surface area contributed by atoms with Crippen LogP contribution in [-0.2, 0) is 17.7 Å². The number of aryl methyl sites for hydroxylation is 1. The number of hydrogen-bond donors (Lipinski definition) is 0. The normalized spacial score (nSPS) is 11.3. The number of ether oxygens (including phenoxy) is 3. The van der Waals surface area contributed by atoms with Gasteiger partial charge in [0.15, 0.2) is 10.9 Å². The van der Waals surface area contributed by atoms with Gasteiger partial charge in [0.05, 0.1) is 42.8 Å². The smallest absolute Gasteiger partial charge is 0.193 e. The van der Waals surface area contributed by atoms with Crippen LogP contribution in [0.4, 0.5) is 4.39 Å². The lowest BCUT2D eigenvalue weighted by atomic mass is 10.1. The third-order valence-electron chi connectivity index (χ3n) is 7.99. The van der Waals surface area contributed by atoms with Gasteiger partial charge in [-0.05, 0) is 91.7 Å². The maximum Gasteiger partial charge on any atom is 0.193 e. The molecule has 0 atom stereocenters. The van der Waals surface area contributed by atoms with Crippen LogP contribution in [0.5, 0.6) is 11.5 Å². The first-order valence-corrected chi connectivity index (χ1v) is 16.2. The number of fused-ring (bicyclic) bond motifs is 2. The zero-order valence-electron chi connectivity index (χ0n) is 26.9. The Morgan fingerprint density at radius 2 is 1.30 bits per heavy atom. The Hall–Kier alpha value is -6.07. The molecule has 4 aromatic carbocycles. The Labute approximate surface area is 285 Å². The molecule has 11 heteroatoms. The van der Waals surface area contributed by atoms with Crippen LogP contribution < -0.4 is 20.3 Å². The molecule has 0 spiro atoms. The van der Waals surface area contributed by atoms with E-state index in [9.17, 15) is 14.0 Å². The van der Waals surface area contributed by atoms with E-state index in [0.29, 0.717) is 79.0 Å². The van der Waals surface area contributed by atoms with Crippen molar-refractivity contribution >= 4 is 21.9 Å². The first kappa shape index (κ1) is 32.5. The van der Waals surface area contributed by atoms with Crippen molar-refractivity contribution in [2.24, 2.45) is 0 Å². The van der Waals surface area contributed by atoms with Gasteiger partial charge in [-0.15, -0.1) is 5.10 Å². The highest BCUT2D eigenvalue weighted by atomic mass is 19.1. The predicted octanol–water partition coefficient (Wildman–Crippen LogP) is 7.07. The molecule has 0 saturated carbocycles. The van der Waals surface area contributed by atoms with E-state index in [4.69, 9.17) is 23.0 Å². The number of hydrogen-bond acceptors (Lipinski definition) is 9. The Kier molecular flexibility index (Phi) is 9.74. The summed E-state index contributed by atoms with van der Waals surface area (Å²) in [5, 5.41) is 9.19. The van der Waals surface area contributed by atoms with Crippen LogP contribution in [0.25, 0.3) is 44.6 Å². The second kappa shape index (κ2) is 15.0. The van der Waals surface area contributed by atoms with E-state index >= 15 is 0 Å². The SMILES string of the molecule is O=c1cc(-c2ccc(OCCOCCn3cc(CCCOc4ccc(-c5cc(=O)c6cc(F)ccc6o5)cc4)nn3)cc2)oc2ccccc12. The van der Waals surface area contributed by atoms with Crippen molar-refractivity contribution in [3.8, 4) is 34.1 Å². The number of nitrogens with zero attached hydrogens (tertiary/aromatic N) is 3. The topological polar surface area (TPSA) is 119 Å². The Balaban J connectivity index is 0.789. The lowest BCUT2D eigenvalue weighted by molar-refractivity contribution is 0.0923. The molecule has 3 heterocycles. The van der Waals surface area contributed by atoms with Gasteiger partial charge in [0.2, 0.25) is 0 Å².